The molecule has 2 saturated heterocycles. The molecule has 0 radical (unpaired) electrons. The van der Waals surface area contributed by atoms with E-state index in [0.29, 0.717) is 10.9 Å². The lowest BCUT2D eigenvalue weighted by molar-refractivity contribution is -0.149. The van der Waals surface area contributed by atoms with Crippen molar-refractivity contribution in [1.82, 2.24) is 19.6 Å². The Morgan fingerprint density at radius 3 is 2.74 bits per heavy atom. The number of halogens is 1. The van der Waals surface area contributed by atoms with E-state index in [9.17, 15) is 4.79 Å². The van der Waals surface area contributed by atoms with Crippen LogP contribution in [0.5, 0.6) is 0 Å². The molecule has 144 valence electrons. The molecule has 0 aliphatic carbocycles. The molecule has 4 rings (SSSR count). The van der Waals surface area contributed by atoms with Gasteiger partial charge in [-0.05, 0) is 64.3 Å². The summed E-state index contributed by atoms with van der Waals surface area (Å²) in [6.45, 7) is 6.85. The molecule has 6 heteroatoms. The molecule has 27 heavy (non-hydrogen) atoms. The topological polar surface area (TPSA) is 41.4 Å². The normalized spacial score (nSPS) is 23.7. The predicted molar refractivity (Wildman–Crippen MR) is 107 cm³/mol. The van der Waals surface area contributed by atoms with Crippen molar-refractivity contribution in [1.29, 1.82) is 0 Å². The highest BCUT2D eigenvalue weighted by molar-refractivity contribution is 6.30. The maximum absolute atomic E-state index is 13.3. The zero-order valence-corrected chi connectivity index (χ0v) is 16.8. The molecule has 1 atom stereocenters. The molecule has 3 heterocycles. The van der Waals surface area contributed by atoms with Gasteiger partial charge in [0.25, 0.3) is 0 Å². The second-order valence-corrected chi connectivity index (χ2v) is 8.46. The number of carbonyl (C=O) groups excluding carboxylic acids is 1. The summed E-state index contributed by atoms with van der Waals surface area (Å²) in [7, 11) is 0. The Labute approximate surface area is 165 Å². The molecular weight excluding hydrogens is 360 g/mol. The Hall–Kier alpha value is -1.85. The van der Waals surface area contributed by atoms with Gasteiger partial charge < -0.3 is 4.90 Å². The van der Waals surface area contributed by atoms with Gasteiger partial charge >= 0.3 is 0 Å². The van der Waals surface area contributed by atoms with Crippen molar-refractivity contribution in [2.24, 2.45) is 0 Å². The summed E-state index contributed by atoms with van der Waals surface area (Å²) in [5.41, 5.74) is 1.76. The fourth-order valence-corrected chi connectivity index (χ4v) is 4.81. The average Bonchev–Trinajstić information content (AvgIpc) is 3.26. The Morgan fingerprint density at radius 2 is 2.00 bits per heavy atom. The van der Waals surface area contributed by atoms with Crippen molar-refractivity contribution in [3.63, 3.8) is 0 Å². The van der Waals surface area contributed by atoms with E-state index in [1.54, 1.807) is 0 Å². The molecule has 2 aliphatic rings. The largest absolute Gasteiger partial charge is 0.339 e. The van der Waals surface area contributed by atoms with Gasteiger partial charge in [0.1, 0.15) is 5.54 Å². The van der Waals surface area contributed by atoms with Gasteiger partial charge in [-0.15, -0.1) is 0 Å². The van der Waals surface area contributed by atoms with Gasteiger partial charge in [0.15, 0.2) is 0 Å². The summed E-state index contributed by atoms with van der Waals surface area (Å²) < 4.78 is 1.85. The standard InChI is InChI=1S/C21H27ClN4O/c1-16(2)25-11-5-9-21(20(25)27)8-4-10-24(21)14-17-13-23-26(15-17)19-7-3-6-18(22)12-19/h3,6-7,12-13,15-16H,4-5,8-11,14H2,1-2H3. The minimum atomic E-state index is -0.319. The van der Waals surface area contributed by atoms with Crippen molar-refractivity contribution in [2.45, 2.75) is 57.7 Å². The fourth-order valence-electron chi connectivity index (χ4n) is 4.62. The molecule has 0 saturated carbocycles. The van der Waals surface area contributed by atoms with Crippen LogP contribution < -0.4 is 0 Å². The van der Waals surface area contributed by atoms with Gasteiger partial charge in [0.05, 0.1) is 11.9 Å². The van der Waals surface area contributed by atoms with Crippen LogP contribution in [0, 0.1) is 0 Å². The highest BCUT2D eigenvalue weighted by atomic mass is 35.5. The monoisotopic (exact) mass is 386 g/mol. The Kier molecular flexibility index (Phi) is 4.99. The van der Waals surface area contributed by atoms with E-state index < -0.39 is 0 Å². The number of carbonyl (C=O) groups is 1. The first kappa shape index (κ1) is 18.5. The first-order valence-corrected chi connectivity index (χ1v) is 10.2. The van der Waals surface area contributed by atoms with Crippen molar-refractivity contribution in [3.8, 4) is 5.69 Å². The molecular formula is C21H27ClN4O. The fraction of sp³-hybridized carbons (Fsp3) is 0.524. The molecule has 2 fully saturated rings. The minimum Gasteiger partial charge on any atom is -0.339 e. The van der Waals surface area contributed by atoms with E-state index in [1.165, 1.54) is 0 Å². The van der Waals surface area contributed by atoms with E-state index in [1.807, 2.05) is 41.3 Å². The summed E-state index contributed by atoms with van der Waals surface area (Å²) in [5.74, 6) is 0.323. The number of hydrogen-bond donors (Lipinski definition) is 0. The van der Waals surface area contributed by atoms with Crippen LogP contribution in [0.4, 0.5) is 0 Å². The van der Waals surface area contributed by atoms with Crippen molar-refractivity contribution in [2.75, 3.05) is 13.1 Å². The first-order chi connectivity index (χ1) is 13.0. The van der Waals surface area contributed by atoms with Crippen molar-refractivity contribution >= 4 is 17.5 Å². The van der Waals surface area contributed by atoms with E-state index in [-0.39, 0.29) is 11.6 Å². The predicted octanol–water partition coefficient (Wildman–Crippen LogP) is 3.89. The van der Waals surface area contributed by atoms with Crippen LogP contribution in [0.1, 0.15) is 45.1 Å². The molecule has 2 aliphatic heterocycles. The molecule has 0 N–H and O–H groups in total. The lowest BCUT2D eigenvalue weighted by atomic mass is 9.84. The molecule has 0 bridgehead atoms. The van der Waals surface area contributed by atoms with Crippen LogP contribution in [0.3, 0.4) is 0 Å². The number of aromatic nitrogens is 2. The van der Waals surface area contributed by atoms with Gasteiger partial charge in [0.2, 0.25) is 5.91 Å². The first-order valence-electron chi connectivity index (χ1n) is 9.85. The Bertz CT molecular complexity index is 833. The lowest BCUT2D eigenvalue weighted by Crippen LogP contribution is -2.61. The Morgan fingerprint density at radius 1 is 1.22 bits per heavy atom. The number of benzene rings is 1. The average molecular weight is 387 g/mol. The van der Waals surface area contributed by atoms with Crippen LogP contribution in [0.25, 0.3) is 5.69 Å². The zero-order valence-electron chi connectivity index (χ0n) is 16.1. The highest BCUT2D eigenvalue weighted by Gasteiger charge is 2.51. The molecule has 2 aromatic rings. The lowest BCUT2D eigenvalue weighted by Gasteiger charge is -2.46. The zero-order chi connectivity index (χ0) is 19.0. The van der Waals surface area contributed by atoms with Crippen molar-refractivity contribution < 1.29 is 4.79 Å². The van der Waals surface area contributed by atoms with Crippen LogP contribution >= 0.6 is 11.6 Å². The van der Waals surface area contributed by atoms with Crippen LogP contribution in [-0.2, 0) is 11.3 Å². The second-order valence-electron chi connectivity index (χ2n) is 8.03. The van der Waals surface area contributed by atoms with E-state index in [4.69, 9.17) is 11.6 Å². The number of piperidine rings is 1. The maximum Gasteiger partial charge on any atom is 0.243 e. The van der Waals surface area contributed by atoms with Crippen LogP contribution in [-0.4, -0.2) is 50.2 Å². The molecule has 5 nitrogen and oxygen atoms in total. The second kappa shape index (κ2) is 7.28. The van der Waals surface area contributed by atoms with Crippen LogP contribution in [0.15, 0.2) is 36.7 Å². The number of hydrogen-bond acceptors (Lipinski definition) is 3. The van der Waals surface area contributed by atoms with Crippen molar-refractivity contribution in [3.05, 3.63) is 47.2 Å². The van der Waals surface area contributed by atoms with Gasteiger partial charge in [0, 0.05) is 35.9 Å². The van der Waals surface area contributed by atoms with E-state index in [2.05, 4.69) is 28.7 Å². The van der Waals surface area contributed by atoms with Gasteiger partial charge in [-0.3, -0.25) is 9.69 Å². The van der Waals surface area contributed by atoms with Gasteiger partial charge in [-0.25, -0.2) is 4.68 Å². The summed E-state index contributed by atoms with van der Waals surface area (Å²) in [6.07, 6.45) is 8.06. The SMILES string of the molecule is CC(C)N1CCCC2(CCCN2Cc2cnn(-c3cccc(Cl)c3)c2)C1=O. The van der Waals surface area contributed by atoms with E-state index >= 15 is 0 Å². The van der Waals surface area contributed by atoms with Gasteiger partial charge in [-0.1, -0.05) is 17.7 Å². The molecule has 1 amide bonds. The van der Waals surface area contributed by atoms with E-state index in [0.717, 1.165) is 56.6 Å². The third kappa shape index (κ3) is 3.39. The minimum absolute atomic E-state index is 0.266. The third-order valence-corrected chi connectivity index (χ3v) is 6.21. The summed E-state index contributed by atoms with van der Waals surface area (Å²) >= 11 is 6.10. The smallest absolute Gasteiger partial charge is 0.243 e. The molecule has 1 unspecified atom stereocenters. The number of nitrogens with zero attached hydrogens (tertiary/aromatic N) is 4. The third-order valence-electron chi connectivity index (χ3n) is 5.98. The molecule has 1 spiro atoms. The quantitative estimate of drug-likeness (QED) is 0.800. The number of rotatable bonds is 4. The number of amides is 1. The summed E-state index contributed by atoms with van der Waals surface area (Å²) in [5, 5.41) is 5.20. The summed E-state index contributed by atoms with van der Waals surface area (Å²) in [4.78, 5) is 17.8. The van der Waals surface area contributed by atoms with Crippen LogP contribution in [0.2, 0.25) is 5.02 Å². The Balaban J connectivity index is 1.55. The highest BCUT2D eigenvalue weighted by Crippen LogP contribution is 2.39. The number of likely N-dealkylation sites (tertiary alicyclic amines) is 2. The maximum atomic E-state index is 13.3. The van der Waals surface area contributed by atoms with Gasteiger partial charge in [-0.2, -0.15) is 5.10 Å². The molecule has 1 aromatic carbocycles. The summed E-state index contributed by atoms with van der Waals surface area (Å²) in [6, 6.07) is 7.95. The molecule has 1 aromatic heterocycles.